The molecule has 0 aliphatic rings. The van der Waals surface area contributed by atoms with Gasteiger partial charge < -0.3 is 20.5 Å². The number of anilines is 2. The second-order valence-electron chi connectivity index (χ2n) is 7.70. The smallest absolute Gasteiger partial charge is 0.411 e. The SMILES string of the molecule is C=CCC(NC(=O)OC(C)(C)C)c1cc(-c2ccc(NC(=O)OC)c(F)c2N)ccn1. The van der Waals surface area contributed by atoms with Crippen molar-refractivity contribution in [2.24, 2.45) is 0 Å². The molecule has 0 bridgehead atoms. The molecule has 1 unspecified atom stereocenters. The highest BCUT2D eigenvalue weighted by Gasteiger charge is 2.21. The summed E-state index contributed by atoms with van der Waals surface area (Å²) in [4.78, 5) is 27.9. The van der Waals surface area contributed by atoms with Crippen LogP contribution in [0.25, 0.3) is 11.1 Å². The zero-order chi connectivity index (χ0) is 23.2. The number of amides is 2. The van der Waals surface area contributed by atoms with Gasteiger partial charge >= 0.3 is 12.2 Å². The van der Waals surface area contributed by atoms with Crippen LogP contribution < -0.4 is 16.4 Å². The number of alkyl carbamates (subject to hydrolysis) is 1. The molecule has 0 aliphatic carbocycles. The van der Waals surface area contributed by atoms with Gasteiger partial charge in [-0.3, -0.25) is 10.3 Å². The van der Waals surface area contributed by atoms with E-state index in [1.165, 1.54) is 19.4 Å². The summed E-state index contributed by atoms with van der Waals surface area (Å²) in [7, 11) is 1.18. The van der Waals surface area contributed by atoms with Crippen molar-refractivity contribution in [3.8, 4) is 11.1 Å². The van der Waals surface area contributed by atoms with Crippen LogP contribution in [0.3, 0.4) is 0 Å². The number of nitrogens with two attached hydrogens (primary N) is 1. The molecular weight excluding hydrogens is 403 g/mol. The fourth-order valence-corrected chi connectivity index (χ4v) is 2.78. The van der Waals surface area contributed by atoms with Gasteiger partial charge in [0.25, 0.3) is 0 Å². The molecule has 1 aromatic heterocycles. The first-order chi connectivity index (χ1) is 14.6. The number of aromatic nitrogens is 1. The van der Waals surface area contributed by atoms with Crippen LogP contribution in [0.2, 0.25) is 0 Å². The Morgan fingerprint density at radius 2 is 2.00 bits per heavy atom. The molecule has 0 fully saturated rings. The fraction of sp³-hybridized carbons (Fsp3) is 0.318. The van der Waals surface area contributed by atoms with Crippen molar-refractivity contribution in [3.05, 3.63) is 54.6 Å². The summed E-state index contributed by atoms with van der Waals surface area (Å²) in [5.41, 5.74) is 6.61. The van der Waals surface area contributed by atoms with Gasteiger partial charge in [-0.25, -0.2) is 14.0 Å². The number of methoxy groups -OCH3 is 1. The van der Waals surface area contributed by atoms with Crippen molar-refractivity contribution in [2.75, 3.05) is 18.2 Å². The van der Waals surface area contributed by atoms with Crippen LogP contribution in [0.15, 0.2) is 43.1 Å². The molecule has 0 saturated heterocycles. The van der Waals surface area contributed by atoms with Crippen molar-refractivity contribution >= 4 is 23.6 Å². The molecule has 2 rings (SSSR count). The Kier molecular flexibility index (Phi) is 7.57. The van der Waals surface area contributed by atoms with Gasteiger partial charge in [-0.15, -0.1) is 6.58 Å². The van der Waals surface area contributed by atoms with Gasteiger partial charge in [0, 0.05) is 11.8 Å². The minimum absolute atomic E-state index is 0.0986. The molecule has 0 saturated carbocycles. The molecule has 4 N–H and O–H groups in total. The van der Waals surface area contributed by atoms with Crippen LogP contribution >= 0.6 is 0 Å². The van der Waals surface area contributed by atoms with Crippen LogP contribution in [-0.2, 0) is 9.47 Å². The maximum atomic E-state index is 14.7. The van der Waals surface area contributed by atoms with Crippen molar-refractivity contribution in [1.29, 1.82) is 0 Å². The summed E-state index contributed by atoms with van der Waals surface area (Å²) < 4.78 is 24.4. The molecular formula is C22H27FN4O4. The van der Waals surface area contributed by atoms with E-state index < -0.39 is 29.6 Å². The summed E-state index contributed by atoms with van der Waals surface area (Å²) in [6, 6.07) is 5.83. The van der Waals surface area contributed by atoms with Crippen molar-refractivity contribution in [3.63, 3.8) is 0 Å². The lowest BCUT2D eigenvalue weighted by Gasteiger charge is -2.23. The lowest BCUT2D eigenvalue weighted by molar-refractivity contribution is 0.0503. The van der Waals surface area contributed by atoms with E-state index in [1.807, 2.05) is 0 Å². The number of nitrogens with zero attached hydrogens (tertiary/aromatic N) is 1. The van der Waals surface area contributed by atoms with Crippen LogP contribution in [0.4, 0.5) is 25.4 Å². The summed E-state index contributed by atoms with van der Waals surface area (Å²) in [5.74, 6) is -0.782. The third kappa shape index (κ3) is 6.43. The lowest BCUT2D eigenvalue weighted by atomic mass is 10.0. The Morgan fingerprint density at radius 1 is 1.29 bits per heavy atom. The zero-order valence-corrected chi connectivity index (χ0v) is 18.0. The monoisotopic (exact) mass is 430 g/mol. The number of carbonyl (C=O) groups excluding carboxylic acids is 2. The van der Waals surface area contributed by atoms with Crippen molar-refractivity contribution in [1.82, 2.24) is 10.3 Å². The number of ether oxygens (including phenoxy) is 2. The number of carbonyl (C=O) groups is 2. The molecule has 166 valence electrons. The lowest BCUT2D eigenvalue weighted by Crippen LogP contribution is -2.35. The van der Waals surface area contributed by atoms with E-state index in [4.69, 9.17) is 10.5 Å². The minimum Gasteiger partial charge on any atom is -0.453 e. The summed E-state index contributed by atoms with van der Waals surface area (Å²) in [6.45, 7) is 9.02. The van der Waals surface area contributed by atoms with Gasteiger partial charge in [-0.1, -0.05) is 12.1 Å². The number of nitrogen functional groups attached to an aromatic ring is 1. The molecule has 0 radical (unpaired) electrons. The Hall–Kier alpha value is -3.62. The molecule has 0 spiro atoms. The molecule has 1 aromatic carbocycles. The molecule has 2 amide bonds. The third-order valence-electron chi connectivity index (χ3n) is 4.14. The highest BCUT2D eigenvalue weighted by Crippen LogP contribution is 2.33. The largest absolute Gasteiger partial charge is 0.453 e. The first-order valence-electron chi connectivity index (χ1n) is 9.55. The Balaban J connectivity index is 2.34. The molecule has 31 heavy (non-hydrogen) atoms. The predicted molar refractivity (Wildman–Crippen MR) is 117 cm³/mol. The van der Waals surface area contributed by atoms with Crippen molar-refractivity contribution < 1.29 is 23.5 Å². The third-order valence-corrected chi connectivity index (χ3v) is 4.14. The maximum absolute atomic E-state index is 14.7. The van der Waals surface area contributed by atoms with Gasteiger partial charge in [-0.05, 0) is 51.0 Å². The number of hydrogen-bond acceptors (Lipinski definition) is 6. The molecule has 0 aliphatic heterocycles. The molecule has 1 atom stereocenters. The molecule has 1 heterocycles. The molecule has 9 heteroatoms. The number of rotatable bonds is 6. The van der Waals surface area contributed by atoms with E-state index in [1.54, 1.807) is 45.0 Å². The highest BCUT2D eigenvalue weighted by molar-refractivity contribution is 5.88. The minimum atomic E-state index is -0.808. The summed E-state index contributed by atoms with van der Waals surface area (Å²) >= 11 is 0. The highest BCUT2D eigenvalue weighted by atomic mass is 19.1. The van der Waals surface area contributed by atoms with Crippen LogP contribution in [0.5, 0.6) is 0 Å². The van der Waals surface area contributed by atoms with E-state index in [2.05, 4.69) is 26.9 Å². The summed E-state index contributed by atoms with van der Waals surface area (Å²) in [5, 5.41) is 5.04. The number of pyridine rings is 1. The average molecular weight is 430 g/mol. The van der Waals surface area contributed by atoms with E-state index in [-0.39, 0.29) is 11.4 Å². The quantitative estimate of drug-likeness (QED) is 0.448. The number of nitrogens with one attached hydrogen (secondary N) is 2. The van der Waals surface area contributed by atoms with E-state index in [0.717, 1.165) is 0 Å². The number of halogens is 1. The van der Waals surface area contributed by atoms with E-state index in [9.17, 15) is 14.0 Å². The zero-order valence-electron chi connectivity index (χ0n) is 18.0. The second-order valence-corrected chi connectivity index (χ2v) is 7.70. The van der Waals surface area contributed by atoms with Gasteiger partial charge in [0.1, 0.15) is 5.60 Å². The first kappa shape index (κ1) is 23.7. The number of hydrogen-bond donors (Lipinski definition) is 3. The maximum Gasteiger partial charge on any atom is 0.411 e. The second kappa shape index (κ2) is 9.92. The van der Waals surface area contributed by atoms with E-state index in [0.29, 0.717) is 23.2 Å². The molecule has 8 nitrogen and oxygen atoms in total. The standard InChI is InChI=1S/C22H27FN4O4/c1-6-7-15(26-21(29)31-22(2,3)4)17-12-13(10-11-25-17)14-8-9-16(18(23)19(14)24)27-20(28)30-5/h6,8-12,15H,1,7,24H2,2-5H3,(H,26,29)(H,27,28). The number of benzene rings is 1. The van der Waals surface area contributed by atoms with E-state index >= 15 is 0 Å². The Bertz CT molecular complexity index is 972. The predicted octanol–water partition coefficient (Wildman–Crippen LogP) is 4.79. The van der Waals surface area contributed by atoms with Crippen molar-refractivity contribution in [2.45, 2.75) is 38.8 Å². The fourth-order valence-electron chi connectivity index (χ4n) is 2.78. The normalized spacial score (nSPS) is 11.9. The van der Waals surface area contributed by atoms with Crippen LogP contribution in [-0.4, -0.2) is 29.9 Å². The van der Waals surface area contributed by atoms with Crippen LogP contribution in [0, 0.1) is 5.82 Å². The van der Waals surface area contributed by atoms with Gasteiger partial charge in [-0.2, -0.15) is 0 Å². The Morgan fingerprint density at radius 3 is 2.61 bits per heavy atom. The summed E-state index contributed by atoms with van der Waals surface area (Å²) in [6.07, 6.45) is 2.20. The average Bonchev–Trinajstić information content (AvgIpc) is 2.70. The Labute approximate surface area is 180 Å². The topological polar surface area (TPSA) is 116 Å². The van der Waals surface area contributed by atoms with Gasteiger partial charge in [0.05, 0.1) is 30.2 Å². The van der Waals surface area contributed by atoms with Gasteiger partial charge in [0.2, 0.25) is 0 Å². The first-order valence-corrected chi connectivity index (χ1v) is 9.55. The molecule has 2 aromatic rings. The van der Waals surface area contributed by atoms with Gasteiger partial charge in [0.15, 0.2) is 5.82 Å². The van der Waals surface area contributed by atoms with Crippen LogP contribution in [0.1, 0.15) is 38.9 Å².